The molecule has 0 spiro atoms. The van der Waals surface area contributed by atoms with Crippen molar-refractivity contribution in [1.29, 1.82) is 0 Å². The van der Waals surface area contributed by atoms with Gasteiger partial charge < -0.3 is 10.6 Å². The maximum atomic E-state index is 12.1. The van der Waals surface area contributed by atoms with Gasteiger partial charge in [0, 0.05) is 12.6 Å². The van der Waals surface area contributed by atoms with E-state index in [9.17, 15) is 4.79 Å². The third-order valence-electron chi connectivity index (χ3n) is 4.04. The van der Waals surface area contributed by atoms with Crippen LogP contribution in [0.1, 0.15) is 24.8 Å². The fourth-order valence-corrected chi connectivity index (χ4v) is 2.85. The molecular weight excluding hydrogens is 312 g/mol. The molecule has 0 atom stereocenters. The predicted octanol–water partition coefficient (Wildman–Crippen LogP) is 2.68. The van der Waals surface area contributed by atoms with Crippen molar-refractivity contribution in [3.63, 3.8) is 0 Å². The predicted molar refractivity (Wildman–Crippen MR) is 93.9 cm³/mol. The van der Waals surface area contributed by atoms with Crippen molar-refractivity contribution in [1.82, 2.24) is 15.1 Å². The smallest absolute Gasteiger partial charge is 0.224 e. The minimum Gasteiger partial charge on any atom is -0.323 e. The van der Waals surface area contributed by atoms with Crippen LogP contribution in [-0.4, -0.2) is 28.8 Å². The van der Waals surface area contributed by atoms with Crippen LogP contribution in [0.5, 0.6) is 0 Å². The number of carbonyl (C=O) groups excluding carboxylic acids is 1. The summed E-state index contributed by atoms with van der Waals surface area (Å²) >= 11 is 0. The summed E-state index contributed by atoms with van der Waals surface area (Å²) in [6, 6.07) is 10.2. The molecule has 0 unspecified atom stereocenters. The van der Waals surface area contributed by atoms with Crippen molar-refractivity contribution < 1.29 is 4.79 Å². The highest BCUT2D eigenvalue weighted by Crippen LogP contribution is 2.17. The molecule has 0 aliphatic carbocycles. The lowest BCUT2D eigenvalue weighted by molar-refractivity contribution is -0.117. The van der Waals surface area contributed by atoms with Crippen molar-refractivity contribution >= 4 is 24.0 Å². The van der Waals surface area contributed by atoms with Gasteiger partial charge in [0.05, 0.1) is 18.4 Å². The number of hydrogen-bond donors (Lipinski definition) is 2. The molecule has 2 N–H and O–H groups in total. The van der Waals surface area contributed by atoms with Gasteiger partial charge in [-0.15, -0.1) is 12.4 Å². The van der Waals surface area contributed by atoms with E-state index in [1.165, 1.54) is 5.56 Å². The summed E-state index contributed by atoms with van der Waals surface area (Å²) in [4.78, 5) is 12.1. The highest BCUT2D eigenvalue weighted by atomic mass is 35.5. The Labute approximate surface area is 142 Å². The molecule has 0 radical (unpaired) electrons. The van der Waals surface area contributed by atoms with Gasteiger partial charge in [-0.1, -0.05) is 30.3 Å². The third kappa shape index (κ3) is 5.37. The number of halogens is 1. The van der Waals surface area contributed by atoms with Gasteiger partial charge in [0.1, 0.15) is 0 Å². The quantitative estimate of drug-likeness (QED) is 0.883. The minimum absolute atomic E-state index is 0. The average Bonchev–Trinajstić information content (AvgIpc) is 2.96. The van der Waals surface area contributed by atoms with Gasteiger partial charge in [-0.2, -0.15) is 5.10 Å². The monoisotopic (exact) mass is 334 g/mol. The zero-order valence-corrected chi connectivity index (χ0v) is 13.9. The largest absolute Gasteiger partial charge is 0.323 e. The van der Waals surface area contributed by atoms with Crippen LogP contribution in [0.15, 0.2) is 42.7 Å². The maximum Gasteiger partial charge on any atom is 0.224 e. The van der Waals surface area contributed by atoms with E-state index in [2.05, 4.69) is 27.9 Å². The van der Waals surface area contributed by atoms with Gasteiger partial charge in [0.25, 0.3) is 0 Å². The first-order valence-electron chi connectivity index (χ1n) is 7.86. The second-order valence-corrected chi connectivity index (χ2v) is 5.86. The van der Waals surface area contributed by atoms with Crippen LogP contribution >= 0.6 is 12.4 Å². The Morgan fingerprint density at radius 2 is 2.00 bits per heavy atom. The van der Waals surface area contributed by atoms with Gasteiger partial charge in [0.2, 0.25) is 5.91 Å². The SMILES string of the molecule is Cl.O=C(CC1CCNCC1)Nc1cnn(Cc2ccccc2)c1. The zero-order chi connectivity index (χ0) is 15.2. The summed E-state index contributed by atoms with van der Waals surface area (Å²) in [6.07, 6.45) is 6.36. The van der Waals surface area contributed by atoms with E-state index >= 15 is 0 Å². The zero-order valence-electron chi connectivity index (χ0n) is 13.1. The van der Waals surface area contributed by atoms with Crippen molar-refractivity contribution in [2.75, 3.05) is 18.4 Å². The Morgan fingerprint density at radius 1 is 1.26 bits per heavy atom. The van der Waals surface area contributed by atoms with Crippen LogP contribution in [0.2, 0.25) is 0 Å². The number of rotatable bonds is 5. The van der Waals surface area contributed by atoms with Crippen LogP contribution < -0.4 is 10.6 Å². The Balaban J connectivity index is 0.00000192. The molecule has 1 aliphatic heterocycles. The Kier molecular flexibility index (Phi) is 6.62. The number of amides is 1. The summed E-state index contributed by atoms with van der Waals surface area (Å²) in [5, 5.41) is 10.6. The van der Waals surface area contributed by atoms with E-state index in [4.69, 9.17) is 0 Å². The number of benzene rings is 1. The molecule has 2 heterocycles. The van der Waals surface area contributed by atoms with Crippen molar-refractivity contribution in [3.8, 4) is 0 Å². The normalized spacial score (nSPS) is 15.0. The fourth-order valence-electron chi connectivity index (χ4n) is 2.85. The van der Waals surface area contributed by atoms with Crippen LogP contribution in [0.25, 0.3) is 0 Å². The lowest BCUT2D eigenvalue weighted by atomic mass is 9.94. The van der Waals surface area contributed by atoms with Crippen LogP contribution in [-0.2, 0) is 11.3 Å². The molecule has 2 aromatic rings. The minimum atomic E-state index is 0. The average molecular weight is 335 g/mol. The lowest BCUT2D eigenvalue weighted by Gasteiger charge is -2.21. The Morgan fingerprint density at radius 3 is 2.74 bits per heavy atom. The third-order valence-corrected chi connectivity index (χ3v) is 4.04. The van der Waals surface area contributed by atoms with Gasteiger partial charge in [-0.25, -0.2) is 0 Å². The van der Waals surface area contributed by atoms with Crippen LogP contribution in [0, 0.1) is 5.92 Å². The number of piperidine rings is 1. The Hall–Kier alpha value is -1.85. The topological polar surface area (TPSA) is 59.0 Å². The second kappa shape index (κ2) is 8.70. The number of anilines is 1. The van der Waals surface area contributed by atoms with Gasteiger partial charge in [-0.3, -0.25) is 9.48 Å². The lowest BCUT2D eigenvalue weighted by Crippen LogP contribution is -2.30. The van der Waals surface area contributed by atoms with E-state index < -0.39 is 0 Å². The molecule has 1 amide bonds. The first kappa shape index (κ1) is 17.5. The van der Waals surface area contributed by atoms with E-state index in [0.717, 1.165) is 31.6 Å². The van der Waals surface area contributed by atoms with Gasteiger partial charge in [0.15, 0.2) is 0 Å². The molecule has 1 aromatic carbocycles. The standard InChI is InChI=1S/C17H22N4O.ClH/c22-17(10-14-6-8-18-9-7-14)20-16-11-19-21(13-16)12-15-4-2-1-3-5-15;/h1-5,11,13-14,18H,6-10,12H2,(H,20,22);1H. The van der Waals surface area contributed by atoms with Crippen molar-refractivity contribution in [2.45, 2.75) is 25.8 Å². The molecule has 1 aliphatic rings. The molecule has 5 nitrogen and oxygen atoms in total. The van der Waals surface area contributed by atoms with Crippen molar-refractivity contribution in [2.24, 2.45) is 5.92 Å². The first-order valence-corrected chi connectivity index (χ1v) is 7.86. The summed E-state index contributed by atoms with van der Waals surface area (Å²) < 4.78 is 1.84. The molecule has 124 valence electrons. The van der Waals surface area contributed by atoms with Crippen molar-refractivity contribution in [3.05, 3.63) is 48.3 Å². The highest BCUT2D eigenvalue weighted by Gasteiger charge is 2.17. The summed E-state index contributed by atoms with van der Waals surface area (Å²) in [5.74, 6) is 0.590. The van der Waals surface area contributed by atoms with Crippen LogP contribution in [0.4, 0.5) is 5.69 Å². The summed E-state index contributed by atoms with van der Waals surface area (Å²) in [7, 11) is 0. The summed E-state index contributed by atoms with van der Waals surface area (Å²) in [5.41, 5.74) is 1.97. The molecular formula is C17H23ClN4O. The van der Waals surface area contributed by atoms with E-state index in [1.54, 1.807) is 6.20 Å². The molecule has 0 saturated carbocycles. The Bertz CT molecular complexity index is 608. The number of nitrogens with zero attached hydrogens (tertiary/aromatic N) is 2. The first-order chi connectivity index (χ1) is 10.8. The number of hydrogen-bond acceptors (Lipinski definition) is 3. The molecule has 1 saturated heterocycles. The highest BCUT2D eigenvalue weighted by molar-refractivity contribution is 5.90. The second-order valence-electron chi connectivity index (χ2n) is 5.86. The summed E-state index contributed by atoms with van der Waals surface area (Å²) in [6.45, 7) is 2.75. The number of aromatic nitrogens is 2. The van der Waals surface area contributed by atoms with E-state index in [1.807, 2.05) is 29.1 Å². The van der Waals surface area contributed by atoms with E-state index in [0.29, 0.717) is 18.9 Å². The van der Waals surface area contributed by atoms with Gasteiger partial charge >= 0.3 is 0 Å². The number of carbonyl (C=O) groups is 1. The molecule has 1 aromatic heterocycles. The molecule has 3 rings (SSSR count). The molecule has 6 heteroatoms. The van der Waals surface area contributed by atoms with Gasteiger partial charge in [-0.05, 0) is 37.4 Å². The molecule has 1 fully saturated rings. The molecule has 0 bridgehead atoms. The fraction of sp³-hybridized carbons (Fsp3) is 0.412. The molecule has 23 heavy (non-hydrogen) atoms. The van der Waals surface area contributed by atoms with Crippen LogP contribution in [0.3, 0.4) is 0 Å². The van der Waals surface area contributed by atoms with E-state index in [-0.39, 0.29) is 18.3 Å². The maximum absolute atomic E-state index is 12.1. The number of nitrogens with one attached hydrogen (secondary N) is 2.